The van der Waals surface area contributed by atoms with Crippen LogP contribution in [0.4, 0.5) is 0 Å². The zero-order valence-electron chi connectivity index (χ0n) is 15.1. The van der Waals surface area contributed by atoms with Crippen molar-refractivity contribution in [3.8, 4) is 0 Å². The van der Waals surface area contributed by atoms with Gasteiger partial charge in [-0.2, -0.15) is 0 Å². The molecule has 0 aromatic heterocycles. The van der Waals surface area contributed by atoms with Crippen LogP contribution in [0.1, 0.15) is 53.3 Å². The molecule has 146 valence electrons. The molecule has 0 spiro atoms. The minimum absolute atomic E-state index is 0.164. The van der Waals surface area contributed by atoms with Crippen molar-refractivity contribution in [3.05, 3.63) is 33.3 Å². The summed E-state index contributed by atoms with van der Waals surface area (Å²) in [7, 11) is 0. The van der Waals surface area contributed by atoms with E-state index in [9.17, 15) is 14.4 Å². The highest BCUT2D eigenvalue weighted by Gasteiger charge is 2.37. The first-order valence-corrected chi connectivity index (χ1v) is 9.87. The molecule has 3 rings (SSSR count). The maximum absolute atomic E-state index is 12.4. The Labute approximate surface area is 168 Å². The van der Waals surface area contributed by atoms with Crippen LogP contribution >= 0.6 is 23.2 Å². The van der Waals surface area contributed by atoms with Crippen molar-refractivity contribution < 1.29 is 19.1 Å². The lowest BCUT2D eigenvalue weighted by molar-refractivity contribution is -0.121. The molecule has 0 saturated heterocycles. The van der Waals surface area contributed by atoms with Crippen LogP contribution in [0.5, 0.6) is 0 Å². The van der Waals surface area contributed by atoms with Crippen molar-refractivity contribution in [1.29, 1.82) is 0 Å². The molecule has 2 aliphatic rings. The first-order valence-electron chi connectivity index (χ1n) is 9.12. The van der Waals surface area contributed by atoms with Gasteiger partial charge in [0.25, 0.3) is 11.8 Å². The van der Waals surface area contributed by atoms with Crippen LogP contribution in [0.15, 0.2) is 12.1 Å². The van der Waals surface area contributed by atoms with Crippen LogP contribution in [0.3, 0.4) is 0 Å². The lowest BCUT2D eigenvalue weighted by Gasteiger charge is -2.28. The Bertz CT molecular complexity index is 727. The number of nitrogens with one attached hydrogen (secondary N) is 1. The van der Waals surface area contributed by atoms with Crippen molar-refractivity contribution >= 4 is 40.9 Å². The summed E-state index contributed by atoms with van der Waals surface area (Å²) in [5.74, 6) is -0.972. The fraction of sp³-hybridized carbons (Fsp3) is 0.526. The van der Waals surface area contributed by atoms with Gasteiger partial charge in [0.05, 0.1) is 33.9 Å². The number of carbonyl (C=O) groups is 3. The number of halogens is 2. The van der Waals surface area contributed by atoms with E-state index in [1.54, 1.807) is 0 Å². The predicted octanol–water partition coefficient (Wildman–Crippen LogP) is 3.30. The van der Waals surface area contributed by atoms with E-state index in [1.807, 2.05) is 0 Å². The highest BCUT2D eigenvalue weighted by molar-refractivity contribution is 6.43. The van der Waals surface area contributed by atoms with Crippen molar-refractivity contribution in [3.63, 3.8) is 0 Å². The summed E-state index contributed by atoms with van der Waals surface area (Å²) in [5.41, 5.74) is 0.327. The smallest absolute Gasteiger partial charge is 0.262 e. The molecule has 1 aliphatic carbocycles. The van der Waals surface area contributed by atoms with Crippen LogP contribution in [-0.2, 0) is 9.53 Å². The van der Waals surface area contributed by atoms with Gasteiger partial charge in [0.15, 0.2) is 0 Å². The number of nitrogens with zero attached hydrogens (tertiary/aromatic N) is 1. The van der Waals surface area contributed by atoms with Gasteiger partial charge >= 0.3 is 0 Å². The molecule has 2 atom stereocenters. The van der Waals surface area contributed by atoms with E-state index in [1.165, 1.54) is 31.4 Å². The molecule has 1 aromatic carbocycles. The second-order valence-corrected chi connectivity index (χ2v) is 7.84. The SMILES string of the molecule is CC1CCCCC1OCCNC(=O)CN1C(=O)c2cc(Cl)c(Cl)cc2C1=O. The quantitative estimate of drug-likeness (QED) is 0.574. The molecule has 8 heteroatoms. The third kappa shape index (κ3) is 4.45. The third-order valence-electron chi connectivity index (χ3n) is 5.10. The molecular formula is C19H22Cl2N2O4. The Kier molecular flexibility index (Phi) is 6.40. The normalized spacial score (nSPS) is 22.1. The van der Waals surface area contributed by atoms with Crippen LogP contribution in [-0.4, -0.2) is 48.4 Å². The van der Waals surface area contributed by atoms with Crippen LogP contribution < -0.4 is 5.32 Å². The van der Waals surface area contributed by atoms with E-state index < -0.39 is 17.7 Å². The number of imide groups is 1. The number of benzene rings is 1. The van der Waals surface area contributed by atoms with Gasteiger partial charge in [0, 0.05) is 6.54 Å². The fourth-order valence-electron chi connectivity index (χ4n) is 3.56. The molecule has 0 radical (unpaired) electrons. The lowest BCUT2D eigenvalue weighted by Crippen LogP contribution is -2.41. The summed E-state index contributed by atoms with van der Waals surface area (Å²) < 4.78 is 5.84. The van der Waals surface area contributed by atoms with Crippen molar-refractivity contribution in [2.24, 2.45) is 5.92 Å². The molecule has 1 N–H and O–H groups in total. The first-order chi connectivity index (χ1) is 12.9. The van der Waals surface area contributed by atoms with Gasteiger partial charge in [0.1, 0.15) is 6.54 Å². The number of amides is 3. The van der Waals surface area contributed by atoms with E-state index >= 15 is 0 Å². The van der Waals surface area contributed by atoms with Crippen LogP contribution in [0.25, 0.3) is 0 Å². The van der Waals surface area contributed by atoms with Gasteiger partial charge in [-0.05, 0) is 30.9 Å². The van der Waals surface area contributed by atoms with Gasteiger partial charge in [-0.25, -0.2) is 0 Å². The zero-order valence-corrected chi connectivity index (χ0v) is 16.6. The van der Waals surface area contributed by atoms with Crippen LogP contribution in [0.2, 0.25) is 10.0 Å². The lowest BCUT2D eigenvalue weighted by atomic mass is 9.88. The van der Waals surface area contributed by atoms with Crippen molar-refractivity contribution in [1.82, 2.24) is 10.2 Å². The minimum atomic E-state index is -0.545. The van der Waals surface area contributed by atoms with Crippen molar-refractivity contribution in [2.75, 3.05) is 19.7 Å². The topological polar surface area (TPSA) is 75.7 Å². The van der Waals surface area contributed by atoms with E-state index in [0.29, 0.717) is 19.1 Å². The van der Waals surface area contributed by atoms with E-state index in [0.717, 1.165) is 11.3 Å². The fourth-order valence-corrected chi connectivity index (χ4v) is 3.88. The summed E-state index contributed by atoms with van der Waals surface area (Å²) in [4.78, 5) is 37.8. The standard InChI is InChI=1S/C19H22Cl2N2O4/c1-11-4-2-3-5-16(11)27-7-6-22-17(24)10-23-18(25)12-8-14(20)15(21)9-13(12)19(23)26/h8-9,11,16H,2-7,10H2,1H3,(H,22,24). The Morgan fingerprint density at radius 1 is 1.15 bits per heavy atom. The predicted molar refractivity (Wildman–Crippen MR) is 102 cm³/mol. The second kappa shape index (κ2) is 8.59. The summed E-state index contributed by atoms with van der Waals surface area (Å²) in [6, 6.07) is 2.72. The first kappa shape index (κ1) is 20.1. The van der Waals surface area contributed by atoms with Gasteiger partial charge in [-0.3, -0.25) is 19.3 Å². The van der Waals surface area contributed by atoms with Gasteiger partial charge in [-0.15, -0.1) is 0 Å². The third-order valence-corrected chi connectivity index (χ3v) is 5.82. The maximum atomic E-state index is 12.4. The number of hydrogen-bond acceptors (Lipinski definition) is 4. The average molecular weight is 413 g/mol. The maximum Gasteiger partial charge on any atom is 0.262 e. The minimum Gasteiger partial charge on any atom is -0.376 e. The summed E-state index contributed by atoms with van der Waals surface area (Å²) in [5, 5.41) is 3.08. The Hall–Kier alpha value is -1.63. The number of hydrogen-bond donors (Lipinski definition) is 1. The number of rotatable bonds is 6. The molecule has 1 heterocycles. The molecule has 1 aromatic rings. The molecule has 1 fully saturated rings. The van der Waals surface area contributed by atoms with Gasteiger partial charge in [-0.1, -0.05) is 43.0 Å². The Balaban J connectivity index is 1.48. The Morgan fingerprint density at radius 3 is 2.33 bits per heavy atom. The molecule has 1 saturated carbocycles. The van der Waals surface area contributed by atoms with E-state index in [4.69, 9.17) is 27.9 Å². The van der Waals surface area contributed by atoms with Gasteiger partial charge < -0.3 is 10.1 Å². The summed E-state index contributed by atoms with van der Waals surface area (Å²) in [6.07, 6.45) is 4.88. The van der Waals surface area contributed by atoms with Crippen LogP contribution in [0, 0.1) is 5.92 Å². The highest BCUT2D eigenvalue weighted by atomic mass is 35.5. The molecule has 0 bridgehead atoms. The van der Waals surface area contributed by atoms with E-state index in [-0.39, 0.29) is 33.8 Å². The molecule has 2 unspecified atom stereocenters. The monoisotopic (exact) mass is 412 g/mol. The molecule has 6 nitrogen and oxygen atoms in total. The second-order valence-electron chi connectivity index (χ2n) is 7.03. The number of ether oxygens (including phenoxy) is 1. The number of carbonyl (C=O) groups excluding carboxylic acids is 3. The summed E-state index contributed by atoms with van der Waals surface area (Å²) in [6.45, 7) is 2.58. The Morgan fingerprint density at radius 2 is 1.74 bits per heavy atom. The molecular weight excluding hydrogens is 391 g/mol. The molecule has 27 heavy (non-hydrogen) atoms. The summed E-state index contributed by atoms with van der Waals surface area (Å²) >= 11 is 11.8. The zero-order chi connectivity index (χ0) is 19.6. The number of fused-ring (bicyclic) bond motifs is 1. The average Bonchev–Trinajstić information content (AvgIpc) is 2.85. The molecule has 3 amide bonds. The van der Waals surface area contributed by atoms with E-state index in [2.05, 4.69) is 12.2 Å². The molecule has 1 aliphatic heterocycles. The van der Waals surface area contributed by atoms with Crippen molar-refractivity contribution in [2.45, 2.75) is 38.7 Å². The highest BCUT2D eigenvalue weighted by Crippen LogP contribution is 2.31. The largest absolute Gasteiger partial charge is 0.376 e. The van der Waals surface area contributed by atoms with Gasteiger partial charge in [0.2, 0.25) is 5.91 Å².